The fourth-order valence-electron chi connectivity index (χ4n) is 2.29. The second kappa shape index (κ2) is 7.56. The summed E-state index contributed by atoms with van der Waals surface area (Å²) in [6.45, 7) is 3.58. The molecule has 0 saturated heterocycles. The Morgan fingerprint density at radius 1 is 1.12 bits per heavy atom. The van der Waals surface area contributed by atoms with Crippen LogP contribution in [0, 0.1) is 13.8 Å². The zero-order valence-corrected chi connectivity index (χ0v) is 14.3. The normalized spacial score (nSPS) is 10.4. The maximum Gasteiger partial charge on any atom is 0.338 e. The first-order chi connectivity index (χ1) is 12.5. The molecule has 1 aromatic heterocycles. The molecule has 3 aromatic rings. The number of carbonyl (C=O) groups excluding carboxylic acids is 2. The molecule has 1 amide bonds. The van der Waals surface area contributed by atoms with Crippen LogP contribution >= 0.6 is 0 Å². The van der Waals surface area contributed by atoms with E-state index in [0.717, 1.165) is 11.1 Å². The first-order valence-corrected chi connectivity index (χ1v) is 7.90. The molecule has 0 radical (unpaired) electrons. The second-order valence-corrected chi connectivity index (χ2v) is 5.73. The van der Waals surface area contributed by atoms with Crippen molar-refractivity contribution in [2.24, 2.45) is 0 Å². The zero-order valence-electron chi connectivity index (χ0n) is 14.3. The fourth-order valence-corrected chi connectivity index (χ4v) is 2.29. The molecular weight excluding hydrogens is 334 g/mol. The molecule has 1 N–H and O–H groups in total. The van der Waals surface area contributed by atoms with Crippen molar-refractivity contribution in [1.82, 2.24) is 20.2 Å². The van der Waals surface area contributed by atoms with Crippen molar-refractivity contribution in [3.05, 3.63) is 65.5 Å². The average Bonchev–Trinajstić information content (AvgIpc) is 3.18. The highest BCUT2D eigenvalue weighted by Crippen LogP contribution is 2.14. The standard InChI is InChI=1S/C18H17N5O3/c1-12-6-7-15(8-13(12)2)20-17(24)10-26-18(25)14-4-3-5-16(9-14)23-11-19-21-22-23/h3-9,11H,10H2,1-2H3,(H,20,24). The number of ether oxygens (including phenoxy) is 1. The molecule has 0 fully saturated rings. The molecule has 0 spiro atoms. The Hall–Kier alpha value is -3.55. The van der Waals surface area contributed by atoms with Crippen molar-refractivity contribution in [3.63, 3.8) is 0 Å². The van der Waals surface area contributed by atoms with Gasteiger partial charge < -0.3 is 10.1 Å². The number of aromatic nitrogens is 4. The zero-order chi connectivity index (χ0) is 18.5. The first kappa shape index (κ1) is 17.3. The number of benzene rings is 2. The van der Waals surface area contributed by atoms with Crippen LogP contribution in [-0.2, 0) is 9.53 Å². The van der Waals surface area contributed by atoms with E-state index in [-0.39, 0.29) is 6.61 Å². The highest BCUT2D eigenvalue weighted by Gasteiger charge is 2.12. The number of tetrazole rings is 1. The van der Waals surface area contributed by atoms with E-state index < -0.39 is 11.9 Å². The number of esters is 1. The summed E-state index contributed by atoms with van der Waals surface area (Å²) in [7, 11) is 0. The predicted molar refractivity (Wildman–Crippen MR) is 94.0 cm³/mol. The Kier molecular flexibility index (Phi) is 5.02. The molecule has 0 aliphatic heterocycles. The smallest absolute Gasteiger partial charge is 0.338 e. The number of hydrogen-bond acceptors (Lipinski definition) is 6. The number of carbonyl (C=O) groups is 2. The van der Waals surface area contributed by atoms with Crippen LogP contribution in [0.3, 0.4) is 0 Å². The molecule has 132 valence electrons. The van der Waals surface area contributed by atoms with Gasteiger partial charge in [-0.2, -0.15) is 0 Å². The van der Waals surface area contributed by atoms with Crippen LogP contribution in [0.1, 0.15) is 21.5 Å². The van der Waals surface area contributed by atoms with E-state index in [4.69, 9.17) is 4.74 Å². The lowest BCUT2D eigenvalue weighted by molar-refractivity contribution is -0.119. The maximum atomic E-state index is 12.2. The van der Waals surface area contributed by atoms with E-state index in [1.165, 1.54) is 11.0 Å². The highest BCUT2D eigenvalue weighted by atomic mass is 16.5. The summed E-state index contributed by atoms with van der Waals surface area (Å²) in [5, 5.41) is 13.6. The summed E-state index contributed by atoms with van der Waals surface area (Å²) >= 11 is 0. The lowest BCUT2D eigenvalue weighted by Gasteiger charge is -2.09. The quantitative estimate of drug-likeness (QED) is 0.707. The molecule has 8 heteroatoms. The Bertz CT molecular complexity index is 938. The topological polar surface area (TPSA) is 99.0 Å². The fraction of sp³-hybridized carbons (Fsp3) is 0.167. The Labute approximate surface area is 149 Å². The van der Waals surface area contributed by atoms with Crippen molar-refractivity contribution in [2.75, 3.05) is 11.9 Å². The minimum absolute atomic E-state index is 0.303. The molecule has 0 aliphatic carbocycles. The lowest BCUT2D eigenvalue weighted by Crippen LogP contribution is -2.21. The number of nitrogens with zero attached hydrogens (tertiary/aromatic N) is 4. The highest BCUT2D eigenvalue weighted by molar-refractivity contribution is 5.95. The first-order valence-electron chi connectivity index (χ1n) is 7.90. The third-order valence-electron chi connectivity index (χ3n) is 3.82. The van der Waals surface area contributed by atoms with E-state index in [0.29, 0.717) is 16.9 Å². The van der Waals surface area contributed by atoms with Crippen molar-refractivity contribution in [3.8, 4) is 5.69 Å². The van der Waals surface area contributed by atoms with Crippen molar-refractivity contribution in [1.29, 1.82) is 0 Å². The molecule has 0 unspecified atom stereocenters. The van der Waals surface area contributed by atoms with Gasteiger partial charge in [0.15, 0.2) is 6.61 Å². The van der Waals surface area contributed by atoms with E-state index in [1.807, 2.05) is 26.0 Å². The summed E-state index contributed by atoms with van der Waals surface area (Å²) in [4.78, 5) is 24.1. The largest absolute Gasteiger partial charge is 0.452 e. The van der Waals surface area contributed by atoms with Gasteiger partial charge in [0.1, 0.15) is 6.33 Å². The predicted octanol–water partition coefficient (Wildman–Crippen LogP) is 2.07. The van der Waals surface area contributed by atoms with Gasteiger partial charge in [0.05, 0.1) is 11.3 Å². The SMILES string of the molecule is Cc1ccc(NC(=O)COC(=O)c2cccc(-n3cnnn3)c2)cc1C. The number of aryl methyl sites for hydroxylation is 2. The third kappa shape index (κ3) is 4.10. The molecular formula is C18H17N5O3. The summed E-state index contributed by atoms with van der Waals surface area (Å²) < 4.78 is 6.50. The molecule has 0 saturated carbocycles. The van der Waals surface area contributed by atoms with Crippen LogP contribution < -0.4 is 5.32 Å². The van der Waals surface area contributed by atoms with Crippen LogP contribution in [0.25, 0.3) is 5.69 Å². The van der Waals surface area contributed by atoms with Crippen LogP contribution in [-0.4, -0.2) is 38.7 Å². The van der Waals surface area contributed by atoms with E-state index >= 15 is 0 Å². The molecule has 3 rings (SSSR count). The van der Waals surface area contributed by atoms with Gasteiger partial charge >= 0.3 is 5.97 Å². The number of nitrogens with one attached hydrogen (secondary N) is 1. The van der Waals surface area contributed by atoms with Gasteiger partial charge in [-0.3, -0.25) is 4.79 Å². The number of anilines is 1. The average molecular weight is 351 g/mol. The maximum absolute atomic E-state index is 12.2. The van der Waals surface area contributed by atoms with Gasteiger partial charge in [-0.25, -0.2) is 9.48 Å². The number of rotatable bonds is 5. The minimum Gasteiger partial charge on any atom is -0.452 e. The summed E-state index contributed by atoms with van der Waals surface area (Å²) in [5.41, 5.74) is 3.78. The Balaban J connectivity index is 1.59. The summed E-state index contributed by atoms with van der Waals surface area (Å²) in [6.07, 6.45) is 1.42. The summed E-state index contributed by atoms with van der Waals surface area (Å²) in [5.74, 6) is -1.01. The van der Waals surface area contributed by atoms with Crippen LogP contribution in [0.4, 0.5) is 5.69 Å². The van der Waals surface area contributed by atoms with Crippen LogP contribution in [0.5, 0.6) is 0 Å². The molecule has 0 atom stereocenters. The number of amides is 1. The molecule has 1 heterocycles. The third-order valence-corrected chi connectivity index (χ3v) is 3.82. The van der Waals surface area contributed by atoms with Gasteiger partial charge in [-0.1, -0.05) is 12.1 Å². The molecule has 8 nitrogen and oxygen atoms in total. The van der Waals surface area contributed by atoms with Gasteiger partial charge in [0.25, 0.3) is 5.91 Å². The van der Waals surface area contributed by atoms with Crippen molar-refractivity contribution < 1.29 is 14.3 Å². The summed E-state index contributed by atoms with van der Waals surface area (Å²) in [6, 6.07) is 12.2. The number of hydrogen-bond donors (Lipinski definition) is 1. The Morgan fingerprint density at radius 2 is 1.96 bits per heavy atom. The second-order valence-electron chi connectivity index (χ2n) is 5.73. The van der Waals surface area contributed by atoms with E-state index in [1.54, 1.807) is 30.3 Å². The molecule has 26 heavy (non-hydrogen) atoms. The van der Waals surface area contributed by atoms with E-state index in [9.17, 15) is 9.59 Å². The van der Waals surface area contributed by atoms with Crippen LogP contribution in [0.2, 0.25) is 0 Å². The Morgan fingerprint density at radius 3 is 2.69 bits per heavy atom. The van der Waals surface area contributed by atoms with Crippen LogP contribution in [0.15, 0.2) is 48.8 Å². The minimum atomic E-state index is -0.602. The van der Waals surface area contributed by atoms with Gasteiger partial charge in [-0.05, 0) is 65.7 Å². The van der Waals surface area contributed by atoms with Gasteiger partial charge in [-0.15, -0.1) is 5.10 Å². The molecule has 0 aliphatic rings. The lowest BCUT2D eigenvalue weighted by atomic mass is 10.1. The van der Waals surface area contributed by atoms with Gasteiger partial charge in [0, 0.05) is 5.69 Å². The molecule has 2 aromatic carbocycles. The van der Waals surface area contributed by atoms with Crippen molar-refractivity contribution >= 4 is 17.6 Å². The van der Waals surface area contributed by atoms with Crippen molar-refractivity contribution in [2.45, 2.75) is 13.8 Å². The molecule has 0 bridgehead atoms. The van der Waals surface area contributed by atoms with E-state index in [2.05, 4.69) is 20.8 Å². The van der Waals surface area contributed by atoms with Gasteiger partial charge in [0.2, 0.25) is 0 Å². The monoisotopic (exact) mass is 351 g/mol.